The van der Waals surface area contributed by atoms with Crippen LogP contribution < -0.4 is 11.1 Å². The number of aliphatic hydroxyl groups is 1. The highest BCUT2D eigenvalue weighted by molar-refractivity contribution is 5.96. The Hall–Kier alpha value is -2.32. The first-order valence-corrected chi connectivity index (χ1v) is 6.73. The van der Waals surface area contributed by atoms with Gasteiger partial charge in [0.15, 0.2) is 0 Å². The largest absolute Gasteiger partial charge is 0.395 e. The molecular formula is C16H20N2O3. The number of hydrogen-bond acceptors (Lipinski definition) is 3. The van der Waals surface area contributed by atoms with Gasteiger partial charge in [0.25, 0.3) is 5.91 Å². The molecule has 21 heavy (non-hydrogen) atoms. The van der Waals surface area contributed by atoms with Gasteiger partial charge in [-0.3, -0.25) is 9.59 Å². The summed E-state index contributed by atoms with van der Waals surface area (Å²) in [4.78, 5) is 23.0. The van der Waals surface area contributed by atoms with Crippen molar-refractivity contribution in [3.8, 4) is 11.8 Å². The van der Waals surface area contributed by atoms with Gasteiger partial charge in [0.05, 0.1) is 6.61 Å². The van der Waals surface area contributed by atoms with E-state index >= 15 is 0 Å². The number of carbonyl (C=O) groups is 2. The molecule has 1 aromatic carbocycles. The van der Waals surface area contributed by atoms with E-state index in [9.17, 15) is 9.59 Å². The van der Waals surface area contributed by atoms with E-state index in [1.165, 1.54) is 0 Å². The number of aryl methyl sites for hydroxylation is 1. The molecule has 0 saturated carbocycles. The van der Waals surface area contributed by atoms with Crippen molar-refractivity contribution in [2.24, 2.45) is 5.73 Å². The Bertz CT molecular complexity index is 585. The monoisotopic (exact) mass is 288 g/mol. The van der Waals surface area contributed by atoms with E-state index in [-0.39, 0.29) is 25.0 Å². The summed E-state index contributed by atoms with van der Waals surface area (Å²) in [6, 6.07) is 5.02. The highest BCUT2D eigenvalue weighted by Gasteiger charge is 2.13. The fourth-order valence-electron chi connectivity index (χ4n) is 1.82. The molecule has 0 bridgehead atoms. The van der Waals surface area contributed by atoms with Crippen LogP contribution in [0.4, 0.5) is 0 Å². The third kappa shape index (κ3) is 5.67. The van der Waals surface area contributed by atoms with Gasteiger partial charge in [-0.05, 0) is 31.5 Å². The van der Waals surface area contributed by atoms with E-state index in [0.717, 1.165) is 5.56 Å². The Morgan fingerprint density at radius 3 is 2.76 bits per heavy atom. The second-order valence-corrected chi connectivity index (χ2v) is 4.85. The Morgan fingerprint density at radius 1 is 1.43 bits per heavy atom. The zero-order valence-corrected chi connectivity index (χ0v) is 12.3. The van der Waals surface area contributed by atoms with Crippen LogP contribution in [-0.2, 0) is 4.79 Å². The van der Waals surface area contributed by atoms with Crippen molar-refractivity contribution in [1.82, 2.24) is 5.32 Å². The Kier molecular flexibility index (Phi) is 6.44. The average Bonchev–Trinajstić information content (AvgIpc) is 2.39. The lowest BCUT2D eigenvalue weighted by molar-refractivity contribution is -0.118. The summed E-state index contributed by atoms with van der Waals surface area (Å²) in [7, 11) is 0. The number of benzene rings is 1. The number of rotatable bonds is 5. The minimum absolute atomic E-state index is 0.0108. The van der Waals surface area contributed by atoms with E-state index in [2.05, 4.69) is 17.2 Å². The van der Waals surface area contributed by atoms with Gasteiger partial charge in [-0.2, -0.15) is 0 Å². The molecule has 0 aliphatic heterocycles. The van der Waals surface area contributed by atoms with Gasteiger partial charge in [-0.1, -0.05) is 17.9 Å². The lowest BCUT2D eigenvalue weighted by Crippen LogP contribution is -2.36. The SMILES string of the molecule is Cc1ccc(C#CCCO)cc1C(=O)NC(C)CC(N)=O. The third-order valence-corrected chi connectivity index (χ3v) is 2.84. The van der Waals surface area contributed by atoms with Crippen LogP contribution in [0.3, 0.4) is 0 Å². The van der Waals surface area contributed by atoms with E-state index in [1.807, 2.05) is 19.1 Å². The first-order chi connectivity index (χ1) is 9.93. The maximum Gasteiger partial charge on any atom is 0.251 e. The second-order valence-electron chi connectivity index (χ2n) is 4.85. The molecule has 0 aliphatic carbocycles. The first-order valence-electron chi connectivity index (χ1n) is 6.73. The molecule has 4 N–H and O–H groups in total. The molecule has 0 saturated heterocycles. The summed E-state index contributed by atoms with van der Waals surface area (Å²) in [6.07, 6.45) is 0.492. The van der Waals surface area contributed by atoms with Gasteiger partial charge in [0.2, 0.25) is 5.91 Å². The highest BCUT2D eigenvalue weighted by Crippen LogP contribution is 2.11. The number of hydrogen-bond donors (Lipinski definition) is 3. The summed E-state index contributed by atoms with van der Waals surface area (Å²) in [5, 5.41) is 11.4. The van der Waals surface area contributed by atoms with Crippen LogP contribution in [0.25, 0.3) is 0 Å². The van der Waals surface area contributed by atoms with Gasteiger partial charge < -0.3 is 16.2 Å². The molecule has 5 nitrogen and oxygen atoms in total. The molecule has 0 heterocycles. The molecule has 0 radical (unpaired) electrons. The summed E-state index contributed by atoms with van der Waals surface area (Å²) in [5.41, 5.74) is 7.15. The van der Waals surface area contributed by atoms with E-state index in [4.69, 9.17) is 10.8 Å². The van der Waals surface area contributed by atoms with E-state index < -0.39 is 5.91 Å². The normalized spacial score (nSPS) is 11.2. The predicted octanol–water partition coefficient (Wildman–Crippen LogP) is 0.723. The Labute approximate surface area is 124 Å². The maximum absolute atomic E-state index is 12.2. The van der Waals surface area contributed by atoms with Gasteiger partial charge in [-0.15, -0.1) is 0 Å². The lowest BCUT2D eigenvalue weighted by atomic mass is 10.0. The minimum atomic E-state index is -0.455. The number of carbonyl (C=O) groups excluding carboxylic acids is 2. The molecule has 1 unspecified atom stereocenters. The van der Waals surface area contributed by atoms with Crippen molar-refractivity contribution >= 4 is 11.8 Å². The third-order valence-electron chi connectivity index (χ3n) is 2.84. The highest BCUT2D eigenvalue weighted by atomic mass is 16.2. The molecule has 0 fully saturated rings. The number of primary amides is 1. The fourth-order valence-corrected chi connectivity index (χ4v) is 1.82. The molecule has 0 spiro atoms. The van der Waals surface area contributed by atoms with E-state index in [0.29, 0.717) is 17.5 Å². The van der Waals surface area contributed by atoms with Crippen molar-refractivity contribution in [3.05, 3.63) is 34.9 Å². The standard InChI is InChI=1S/C16H20N2O3/c1-11-6-7-13(5-3-4-8-19)10-14(11)16(21)18-12(2)9-15(17)20/h6-7,10,12,19H,4,8-9H2,1-2H3,(H2,17,20)(H,18,21). The Morgan fingerprint density at radius 2 is 2.14 bits per heavy atom. The van der Waals surface area contributed by atoms with Gasteiger partial charge in [0, 0.05) is 30.0 Å². The number of aliphatic hydroxyl groups excluding tert-OH is 1. The zero-order valence-electron chi connectivity index (χ0n) is 12.3. The van der Waals surface area contributed by atoms with Crippen LogP contribution in [-0.4, -0.2) is 29.6 Å². The van der Waals surface area contributed by atoms with Crippen molar-refractivity contribution < 1.29 is 14.7 Å². The fraction of sp³-hybridized carbons (Fsp3) is 0.375. The molecule has 1 aromatic rings. The predicted molar refractivity (Wildman–Crippen MR) is 80.5 cm³/mol. The van der Waals surface area contributed by atoms with Gasteiger partial charge in [-0.25, -0.2) is 0 Å². The van der Waals surface area contributed by atoms with Crippen LogP contribution in [0.5, 0.6) is 0 Å². The summed E-state index contributed by atoms with van der Waals surface area (Å²) in [5.74, 6) is 4.99. The Balaban J connectivity index is 2.86. The minimum Gasteiger partial charge on any atom is -0.395 e. The topological polar surface area (TPSA) is 92.4 Å². The molecule has 1 atom stereocenters. The van der Waals surface area contributed by atoms with Crippen molar-refractivity contribution in [3.63, 3.8) is 0 Å². The van der Waals surface area contributed by atoms with Crippen LogP contribution in [0.15, 0.2) is 18.2 Å². The molecule has 1 rings (SSSR count). The number of nitrogens with one attached hydrogen (secondary N) is 1. The van der Waals surface area contributed by atoms with Crippen LogP contribution >= 0.6 is 0 Å². The molecule has 5 heteroatoms. The van der Waals surface area contributed by atoms with Gasteiger partial charge in [0.1, 0.15) is 0 Å². The zero-order chi connectivity index (χ0) is 15.8. The van der Waals surface area contributed by atoms with Crippen molar-refractivity contribution in [2.45, 2.75) is 32.7 Å². The number of nitrogens with two attached hydrogens (primary N) is 1. The summed E-state index contributed by atoms with van der Waals surface area (Å²) < 4.78 is 0. The first kappa shape index (κ1) is 16.7. The van der Waals surface area contributed by atoms with Crippen LogP contribution in [0.2, 0.25) is 0 Å². The molecule has 112 valence electrons. The van der Waals surface area contributed by atoms with Crippen LogP contribution in [0.1, 0.15) is 41.3 Å². The molecule has 2 amide bonds. The smallest absolute Gasteiger partial charge is 0.251 e. The second kappa shape index (κ2) is 8.08. The summed E-state index contributed by atoms with van der Waals surface area (Å²) >= 11 is 0. The van der Waals surface area contributed by atoms with Crippen molar-refractivity contribution in [1.29, 1.82) is 0 Å². The average molecular weight is 288 g/mol. The quantitative estimate of drug-likeness (QED) is 0.697. The maximum atomic E-state index is 12.2. The molecular weight excluding hydrogens is 268 g/mol. The number of amides is 2. The van der Waals surface area contributed by atoms with E-state index in [1.54, 1.807) is 13.0 Å². The summed E-state index contributed by atoms with van der Waals surface area (Å²) in [6.45, 7) is 3.57. The van der Waals surface area contributed by atoms with Crippen LogP contribution in [0, 0.1) is 18.8 Å². The molecule has 0 aromatic heterocycles. The van der Waals surface area contributed by atoms with Crippen molar-refractivity contribution in [2.75, 3.05) is 6.61 Å². The van der Waals surface area contributed by atoms with Gasteiger partial charge >= 0.3 is 0 Å². The molecule has 0 aliphatic rings. The lowest BCUT2D eigenvalue weighted by Gasteiger charge is -2.13.